The molecular formula is C33H33N7O. The fourth-order valence-electron chi connectivity index (χ4n) is 6.01. The van der Waals surface area contributed by atoms with Crippen molar-refractivity contribution >= 4 is 27.6 Å². The predicted molar refractivity (Wildman–Crippen MR) is 164 cm³/mol. The Morgan fingerprint density at radius 2 is 1.85 bits per heavy atom. The summed E-state index contributed by atoms with van der Waals surface area (Å²) < 4.78 is 1.60. The van der Waals surface area contributed by atoms with E-state index in [0.29, 0.717) is 40.3 Å². The number of piperazine rings is 1. The quantitative estimate of drug-likeness (QED) is 0.324. The van der Waals surface area contributed by atoms with Gasteiger partial charge in [-0.15, -0.1) is 0 Å². The minimum absolute atomic E-state index is 0.0679. The molecular weight excluding hydrogens is 510 g/mol. The molecule has 1 atom stereocenters. The van der Waals surface area contributed by atoms with Crippen molar-refractivity contribution in [1.82, 2.24) is 24.8 Å². The molecule has 8 nitrogen and oxygen atoms in total. The first-order valence-electron chi connectivity index (χ1n) is 14.1. The summed E-state index contributed by atoms with van der Waals surface area (Å²) in [6.07, 6.45) is 1.77. The van der Waals surface area contributed by atoms with Crippen LogP contribution in [0.1, 0.15) is 49.1 Å². The van der Waals surface area contributed by atoms with Gasteiger partial charge in [0.2, 0.25) is 0 Å². The van der Waals surface area contributed by atoms with Crippen LogP contribution in [0.5, 0.6) is 0 Å². The molecule has 1 aliphatic rings. The lowest BCUT2D eigenvalue weighted by Crippen LogP contribution is -2.50. The molecule has 4 heterocycles. The predicted octanol–water partition coefficient (Wildman–Crippen LogP) is 5.41. The van der Waals surface area contributed by atoms with Gasteiger partial charge in [-0.25, -0.2) is 14.3 Å². The number of nitrogens with one attached hydrogen (secondary N) is 1. The molecule has 5 aromatic rings. The normalized spacial score (nSPS) is 15.5. The molecule has 8 heteroatoms. The van der Waals surface area contributed by atoms with Gasteiger partial charge in [0.25, 0.3) is 0 Å². The van der Waals surface area contributed by atoms with Gasteiger partial charge in [0.05, 0.1) is 28.0 Å². The van der Waals surface area contributed by atoms with Crippen LogP contribution in [-0.4, -0.2) is 45.2 Å². The lowest BCUT2D eigenvalue weighted by molar-refractivity contribution is 0.497. The van der Waals surface area contributed by atoms with Gasteiger partial charge >= 0.3 is 5.69 Å². The fraction of sp³-hybridized carbons (Fsp3) is 0.303. The van der Waals surface area contributed by atoms with Gasteiger partial charge in [-0.3, -0.25) is 4.98 Å². The number of aryl methyl sites for hydroxylation is 2. The first kappa shape index (κ1) is 26.6. The number of benzene rings is 2. The molecule has 0 amide bonds. The smallest absolute Gasteiger partial charge is 0.351 e. The molecule has 1 aliphatic heterocycles. The summed E-state index contributed by atoms with van der Waals surface area (Å²) >= 11 is 0. The number of nitriles is 1. The van der Waals surface area contributed by atoms with Crippen molar-refractivity contribution in [3.8, 4) is 23.0 Å². The Morgan fingerprint density at radius 1 is 1.07 bits per heavy atom. The zero-order valence-corrected chi connectivity index (χ0v) is 24.1. The number of pyridine rings is 2. The highest BCUT2D eigenvalue weighted by Crippen LogP contribution is 2.36. The van der Waals surface area contributed by atoms with Gasteiger partial charge in [0.15, 0.2) is 5.65 Å². The van der Waals surface area contributed by atoms with E-state index in [-0.39, 0.29) is 12.0 Å². The second-order valence-electron chi connectivity index (χ2n) is 11.2. The van der Waals surface area contributed by atoms with Crippen molar-refractivity contribution in [3.05, 3.63) is 87.6 Å². The third kappa shape index (κ3) is 4.43. The number of hydrogen-bond acceptors (Lipinski definition) is 7. The van der Waals surface area contributed by atoms with E-state index in [4.69, 9.17) is 4.98 Å². The molecule has 41 heavy (non-hydrogen) atoms. The van der Waals surface area contributed by atoms with Crippen LogP contribution >= 0.6 is 0 Å². The second-order valence-corrected chi connectivity index (χ2v) is 11.2. The van der Waals surface area contributed by atoms with Crippen LogP contribution in [0, 0.1) is 25.2 Å². The first-order chi connectivity index (χ1) is 19.8. The van der Waals surface area contributed by atoms with Gasteiger partial charge in [0.1, 0.15) is 11.9 Å². The number of nitrogens with zero attached hydrogens (tertiary/aromatic N) is 6. The van der Waals surface area contributed by atoms with E-state index in [2.05, 4.69) is 72.1 Å². The molecule has 3 aromatic heterocycles. The molecule has 1 N–H and O–H groups in total. The van der Waals surface area contributed by atoms with E-state index in [1.54, 1.807) is 10.8 Å². The Bertz CT molecular complexity index is 1910. The van der Waals surface area contributed by atoms with Crippen molar-refractivity contribution in [2.75, 3.05) is 24.5 Å². The SMILES string of the molecule is Cc1ccnc(C(C)C)c1-n1c(=O)nc(N2CCNCC2C)c2cc(C#N)c(-c3cccc4cccc(C)c34)nc21. The number of rotatable bonds is 4. The molecule has 2 aromatic carbocycles. The van der Waals surface area contributed by atoms with Crippen molar-refractivity contribution in [2.45, 2.75) is 46.6 Å². The molecule has 6 rings (SSSR count). The lowest BCUT2D eigenvalue weighted by Gasteiger charge is -2.35. The van der Waals surface area contributed by atoms with Crippen LogP contribution in [0.2, 0.25) is 0 Å². The summed E-state index contributed by atoms with van der Waals surface area (Å²) in [4.78, 5) is 30.8. The zero-order chi connectivity index (χ0) is 28.8. The van der Waals surface area contributed by atoms with Gasteiger partial charge in [-0.2, -0.15) is 10.2 Å². The lowest BCUT2D eigenvalue weighted by atomic mass is 9.95. The van der Waals surface area contributed by atoms with E-state index >= 15 is 0 Å². The van der Waals surface area contributed by atoms with Crippen molar-refractivity contribution in [1.29, 1.82) is 5.26 Å². The molecule has 1 unspecified atom stereocenters. The molecule has 1 saturated heterocycles. The molecule has 0 bridgehead atoms. The molecule has 0 saturated carbocycles. The highest BCUT2D eigenvalue weighted by molar-refractivity contribution is 6.01. The zero-order valence-electron chi connectivity index (χ0n) is 24.1. The summed E-state index contributed by atoms with van der Waals surface area (Å²) in [5.74, 6) is 0.630. The first-order valence-corrected chi connectivity index (χ1v) is 14.1. The minimum Gasteiger partial charge on any atom is -0.351 e. The maximum absolute atomic E-state index is 14.1. The average Bonchev–Trinajstić information content (AvgIpc) is 2.96. The summed E-state index contributed by atoms with van der Waals surface area (Å²) in [7, 11) is 0. The van der Waals surface area contributed by atoms with Gasteiger partial charge in [-0.1, -0.05) is 50.2 Å². The van der Waals surface area contributed by atoms with Crippen LogP contribution in [-0.2, 0) is 0 Å². The van der Waals surface area contributed by atoms with Crippen LogP contribution in [0.15, 0.2) is 59.5 Å². The topological polar surface area (TPSA) is 99.7 Å². The fourth-order valence-corrected chi connectivity index (χ4v) is 6.01. The Balaban J connectivity index is 1.77. The van der Waals surface area contributed by atoms with Gasteiger partial charge < -0.3 is 10.2 Å². The Labute approximate surface area is 239 Å². The highest BCUT2D eigenvalue weighted by Gasteiger charge is 2.27. The van der Waals surface area contributed by atoms with Crippen LogP contribution in [0.3, 0.4) is 0 Å². The van der Waals surface area contributed by atoms with Crippen LogP contribution in [0.25, 0.3) is 38.8 Å². The van der Waals surface area contributed by atoms with E-state index in [9.17, 15) is 10.1 Å². The molecule has 0 radical (unpaired) electrons. The maximum Gasteiger partial charge on any atom is 0.355 e. The van der Waals surface area contributed by atoms with E-state index in [1.165, 1.54) is 0 Å². The van der Waals surface area contributed by atoms with Crippen LogP contribution in [0.4, 0.5) is 5.82 Å². The van der Waals surface area contributed by atoms with Crippen molar-refractivity contribution in [3.63, 3.8) is 0 Å². The molecule has 206 valence electrons. The van der Waals surface area contributed by atoms with E-state index in [0.717, 1.165) is 46.2 Å². The number of fused-ring (bicyclic) bond motifs is 2. The van der Waals surface area contributed by atoms with E-state index < -0.39 is 5.69 Å². The number of hydrogen-bond donors (Lipinski definition) is 1. The van der Waals surface area contributed by atoms with Gasteiger partial charge in [-0.05, 0) is 60.7 Å². The number of aromatic nitrogens is 4. The second kappa shape index (κ2) is 10.4. The third-order valence-electron chi connectivity index (χ3n) is 8.03. The van der Waals surface area contributed by atoms with Crippen LogP contribution < -0.4 is 15.9 Å². The average molecular weight is 544 g/mol. The largest absolute Gasteiger partial charge is 0.355 e. The number of anilines is 1. The Morgan fingerprint density at radius 3 is 2.59 bits per heavy atom. The Kier molecular flexibility index (Phi) is 6.76. The minimum atomic E-state index is -0.409. The summed E-state index contributed by atoms with van der Waals surface area (Å²) in [6.45, 7) is 12.5. The highest BCUT2D eigenvalue weighted by atomic mass is 16.1. The standard InChI is InChI=1S/C33H33N7O/c1-19(2)28-30(21(4)12-13-36-28)40-32-26(31(38-33(40)41)39-15-14-35-18-22(39)5)16-24(17-34)29(37-32)25-11-7-10-23-9-6-8-20(3)27(23)25/h6-13,16,19,22,35H,14-15,18H2,1-5H3. The summed E-state index contributed by atoms with van der Waals surface area (Å²) in [5, 5.41) is 16.6. The van der Waals surface area contributed by atoms with Crippen molar-refractivity contribution < 1.29 is 0 Å². The van der Waals surface area contributed by atoms with Crippen molar-refractivity contribution in [2.24, 2.45) is 0 Å². The third-order valence-corrected chi connectivity index (χ3v) is 8.03. The maximum atomic E-state index is 14.1. The molecule has 0 aliphatic carbocycles. The molecule has 0 spiro atoms. The monoisotopic (exact) mass is 543 g/mol. The summed E-state index contributed by atoms with van der Waals surface area (Å²) in [6, 6.07) is 18.5. The molecule has 1 fully saturated rings. The Hall–Kier alpha value is -4.61. The summed E-state index contributed by atoms with van der Waals surface area (Å²) in [5.41, 5.74) is 5.41. The van der Waals surface area contributed by atoms with Gasteiger partial charge in [0, 0.05) is 37.4 Å². The van der Waals surface area contributed by atoms with E-state index in [1.807, 2.05) is 37.3 Å².